The first-order chi connectivity index (χ1) is 8.34. The second kappa shape index (κ2) is 5.79. The fraction of sp³-hybridized carbons (Fsp3) is 0.364. The molecule has 0 saturated heterocycles. The molecule has 0 heterocycles. The SMILES string of the molecule is CC(O)CN(C)C(=O)c1c(Cl)cccc1[N+](=O)[O-]. The van der Waals surface area contributed by atoms with Crippen molar-refractivity contribution < 1.29 is 14.8 Å². The topological polar surface area (TPSA) is 83.7 Å². The van der Waals surface area contributed by atoms with Crippen LogP contribution in [0.5, 0.6) is 0 Å². The second-order valence-corrected chi connectivity index (χ2v) is 4.33. The van der Waals surface area contributed by atoms with E-state index in [-0.39, 0.29) is 22.8 Å². The number of likely N-dealkylation sites (N-methyl/N-ethyl adjacent to an activating group) is 1. The van der Waals surface area contributed by atoms with Crippen LogP contribution in [0.15, 0.2) is 18.2 Å². The molecule has 1 atom stereocenters. The van der Waals surface area contributed by atoms with Crippen molar-refractivity contribution in [3.63, 3.8) is 0 Å². The molecular weight excluding hydrogens is 260 g/mol. The zero-order valence-corrected chi connectivity index (χ0v) is 10.7. The van der Waals surface area contributed by atoms with Gasteiger partial charge in [0.25, 0.3) is 11.6 Å². The fourth-order valence-electron chi connectivity index (χ4n) is 1.55. The lowest BCUT2D eigenvalue weighted by molar-refractivity contribution is -0.385. The number of aliphatic hydroxyl groups excluding tert-OH is 1. The van der Waals surface area contributed by atoms with Crippen LogP contribution < -0.4 is 0 Å². The number of nitro groups is 1. The molecule has 1 rings (SSSR count). The van der Waals surface area contributed by atoms with Gasteiger partial charge < -0.3 is 10.0 Å². The Morgan fingerprint density at radius 2 is 2.22 bits per heavy atom. The monoisotopic (exact) mass is 272 g/mol. The summed E-state index contributed by atoms with van der Waals surface area (Å²) in [7, 11) is 1.45. The van der Waals surface area contributed by atoms with E-state index in [2.05, 4.69) is 0 Å². The third kappa shape index (κ3) is 3.18. The van der Waals surface area contributed by atoms with Crippen LogP contribution in [-0.4, -0.2) is 40.5 Å². The highest BCUT2D eigenvalue weighted by molar-refractivity contribution is 6.34. The van der Waals surface area contributed by atoms with Crippen molar-refractivity contribution in [2.45, 2.75) is 13.0 Å². The van der Waals surface area contributed by atoms with Gasteiger partial charge in [-0.2, -0.15) is 0 Å². The summed E-state index contributed by atoms with van der Waals surface area (Å²) in [5.41, 5.74) is -0.503. The Hall–Kier alpha value is -1.66. The van der Waals surface area contributed by atoms with Gasteiger partial charge in [0, 0.05) is 19.7 Å². The molecule has 0 aliphatic heterocycles. The van der Waals surface area contributed by atoms with E-state index in [0.717, 1.165) is 0 Å². The maximum absolute atomic E-state index is 12.1. The van der Waals surface area contributed by atoms with Gasteiger partial charge in [-0.15, -0.1) is 0 Å². The lowest BCUT2D eigenvalue weighted by Gasteiger charge is -2.19. The van der Waals surface area contributed by atoms with Gasteiger partial charge in [-0.05, 0) is 13.0 Å². The molecule has 1 N–H and O–H groups in total. The minimum Gasteiger partial charge on any atom is -0.392 e. The molecule has 0 aliphatic carbocycles. The van der Waals surface area contributed by atoms with E-state index >= 15 is 0 Å². The van der Waals surface area contributed by atoms with E-state index in [0.29, 0.717) is 0 Å². The van der Waals surface area contributed by atoms with Crippen molar-refractivity contribution in [3.05, 3.63) is 38.9 Å². The van der Waals surface area contributed by atoms with Crippen LogP contribution in [0.4, 0.5) is 5.69 Å². The Morgan fingerprint density at radius 1 is 1.61 bits per heavy atom. The number of halogens is 1. The number of nitro benzene ring substituents is 1. The molecule has 0 bridgehead atoms. The first-order valence-electron chi connectivity index (χ1n) is 5.21. The summed E-state index contributed by atoms with van der Waals surface area (Å²) < 4.78 is 0. The molecule has 98 valence electrons. The molecule has 1 unspecified atom stereocenters. The van der Waals surface area contributed by atoms with E-state index in [4.69, 9.17) is 11.6 Å². The van der Waals surface area contributed by atoms with Crippen molar-refractivity contribution in [1.82, 2.24) is 4.90 Å². The summed E-state index contributed by atoms with van der Waals surface area (Å²) in [6.07, 6.45) is -0.722. The Kier molecular flexibility index (Phi) is 4.63. The average Bonchev–Trinajstić information content (AvgIpc) is 2.26. The van der Waals surface area contributed by atoms with Gasteiger partial charge >= 0.3 is 0 Å². The maximum Gasteiger partial charge on any atom is 0.283 e. The Morgan fingerprint density at radius 3 is 2.72 bits per heavy atom. The minimum absolute atomic E-state index is 0.0200. The van der Waals surface area contributed by atoms with Crippen molar-refractivity contribution in [3.8, 4) is 0 Å². The van der Waals surface area contributed by atoms with Gasteiger partial charge in [0.2, 0.25) is 0 Å². The molecule has 0 aromatic heterocycles. The van der Waals surface area contributed by atoms with E-state index in [1.54, 1.807) is 0 Å². The number of carbonyl (C=O) groups excluding carboxylic acids is 1. The Balaban J connectivity index is 3.16. The number of aliphatic hydroxyl groups is 1. The quantitative estimate of drug-likeness (QED) is 0.668. The van der Waals surface area contributed by atoms with Crippen molar-refractivity contribution in [2.24, 2.45) is 0 Å². The summed E-state index contributed by atoms with van der Waals surface area (Å²) in [6, 6.07) is 4.04. The number of rotatable bonds is 4. The predicted octanol–water partition coefficient (Wildman–Crippen LogP) is 1.70. The number of nitrogens with zero attached hydrogens (tertiary/aromatic N) is 2. The molecule has 18 heavy (non-hydrogen) atoms. The number of hydrogen-bond donors (Lipinski definition) is 1. The van der Waals surface area contributed by atoms with Crippen LogP contribution in [0.1, 0.15) is 17.3 Å². The summed E-state index contributed by atoms with van der Waals surface area (Å²) in [4.78, 5) is 23.4. The van der Waals surface area contributed by atoms with Crippen LogP contribution in [0.3, 0.4) is 0 Å². The van der Waals surface area contributed by atoms with Crippen molar-refractivity contribution in [2.75, 3.05) is 13.6 Å². The van der Waals surface area contributed by atoms with Gasteiger partial charge in [-0.25, -0.2) is 0 Å². The molecule has 0 spiro atoms. The molecule has 0 aliphatic rings. The molecular formula is C11H13ClN2O4. The van der Waals surface area contributed by atoms with E-state index in [1.807, 2.05) is 0 Å². The van der Waals surface area contributed by atoms with Crippen LogP contribution >= 0.6 is 11.6 Å². The summed E-state index contributed by atoms with van der Waals surface area (Å²) in [5, 5.41) is 20.1. The van der Waals surface area contributed by atoms with Gasteiger partial charge in [0.1, 0.15) is 5.56 Å². The fourth-order valence-corrected chi connectivity index (χ4v) is 1.80. The Bertz CT molecular complexity index is 476. The van der Waals surface area contributed by atoms with E-state index in [9.17, 15) is 20.0 Å². The van der Waals surface area contributed by atoms with Gasteiger partial charge in [0.05, 0.1) is 16.0 Å². The lowest BCUT2D eigenvalue weighted by Crippen LogP contribution is -2.33. The average molecular weight is 273 g/mol. The zero-order valence-electron chi connectivity index (χ0n) is 9.96. The largest absolute Gasteiger partial charge is 0.392 e. The molecule has 7 heteroatoms. The minimum atomic E-state index is -0.722. The summed E-state index contributed by atoms with van der Waals surface area (Å²) >= 11 is 5.83. The second-order valence-electron chi connectivity index (χ2n) is 3.93. The Labute approximate surface area is 109 Å². The number of hydrogen-bond acceptors (Lipinski definition) is 4. The number of benzene rings is 1. The van der Waals surface area contributed by atoms with Crippen molar-refractivity contribution in [1.29, 1.82) is 0 Å². The lowest BCUT2D eigenvalue weighted by atomic mass is 10.1. The van der Waals surface area contributed by atoms with Gasteiger partial charge in [-0.1, -0.05) is 17.7 Å². The van der Waals surface area contributed by atoms with Crippen LogP contribution in [0, 0.1) is 10.1 Å². The highest BCUT2D eigenvalue weighted by Crippen LogP contribution is 2.27. The highest BCUT2D eigenvalue weighted by atomic mass is 35.5. The molecule has 1 aromatic rings. The summed E-state index contributed by atoms with van der Waals surface area (Å²) in [6.45, 7) is 1.59. The molecule has 0 saturated carbocycles. The van der Waals surface area contributed by atoms with Crippen LogP contribution in [-0.2, 0) is 0 Å². The summed E-state index contributed by atoms with van der Waals surface area (Å²) in [5.74, 6) is -0.590. The first kappa shape index (κ1) is 14.4. The third-order valence-corrected chi connectivity index (χ3v) is 2.60. The van der Waals surface area contributed by atoms with Gasteiger partial charge in [0.15, 0.2) is 0 Å². The first-order valence-corrected chi connectivity index (χ1v) is 5.58. The van der Waals surface area contributed by atoms with E-state index in [1.165, 1.54) is 37.1 Å². The highest BCUT2D eigenvalue weighted by Gasteiger charge is 2.26. The molecule has 0 fully saturated rings. The standard InChI is InChI=1S/C11H13ClN2O4/c1-7(15)6-13(2)11(16)10-8(12)4-3-5-9(10)14(17)18/h3-5,7,15H,6H2,1-2H3. The van der Waals surface area contributed by atoms with Crippen molar-refractivity contribution >= 4 is 23.2 Å². The number of amides is 1. The smallest absolute Gasteiger partial charge is 0.283 e. The molecule has 6 nitrogen and oxygen atoms in total. The predicted molar refractivity (Wildman–Crippen MR) is 66.7 cm³/mol. The normalized spacial score (nSPS) is 12.0. The molecule has 1 amide bonds. The third-order valence-electron chi connectivity index (χ3n) is 2.29. The zero-order chi connectivity index (χ0) is 13.9. The van der Waals surface area contributed by atoms with E-state index < -0.39 is 16.9 Å². The maximum atomic E-state index is 12.1. The van der Waals surface area contributed by atoms with Crippen LogP contribution in [0.25, 0.3) is 0 Å². The number of carbonyl (C=O) groups is 1. The van der Waals surface area contributed by atoms with Gasteiger partial charge in [-0.3, -0.25) is 14.9 Å². The molecule has 0 radical (unpaired) electrons. The molecule has 1 aromatic carbocycles. The van der Waals surface area contributed by atoms with Crippen LogP contribution in [0.2, 0.25) is 5.02 Å².